The molecule has 1 aromatic heterocycles. The van der Waals surface area contributed by atoms with Gasteiger partial charge in [0.25, 0.3) is 0 Å². The third-order valence-corrected chi connectivity index (χ3v) is 3.60. The van der Waals surface area contributed by atoms with Crippen molar-refractivity contribution in [1.29, 1.82) is 0 Å². The molecule has 0 amide bonds. The van der Waals surface area contributed by atoms with Gasteiger partial charge in [0.2, 0.25) is 0 Å². The van der Waals surface area contributed by atoms with Crippen LogP contribution < -0.4 is 0 Å². The highest BCUT2D eigenvalue weighted by Crippen LogP contribution is 2.20. The Balaban J connectivity index is 1.85. The topological polar surface area (TPSA) is 38.2 Å². The highest BCUT2D eigenvalue weighted by molar-refractivity contribution is 5.56. The van der Waals surface area contributed by atoms with Crippen molar-refractivity contribution in [2.75, 3.05) is 26.3 Å². The lowest BCUT2D eigenvalue weighted by Crippen LogP contribution is -2.35. The lowest BCUT2D eigenvalue weighted by Gasteiger charge is -2.26. The van der Waals surface area contributed by atoms with E-state index in [1.165, 1.54) is 6.07 Å². The first-order valence-electron chi connectivity index (χ1n) is 7.11. The van der Waals surface area contributed by atoms with Crippen molar-refractivity contribution in [2.24, 2.45) is 0 Å². The second-order valence-electron chi connectivity index (χ2n) is 5.22. The summed E-state index contributed by atoms with van der Waals surface area (Å²) in [6.07, 6.45) is 1.72. The van der Waals surface area contributed by atoms with E-state index in [2.05, 4.69) is 14.9 Å². The van der Waals surface area contributed by atoms with Crippen LogP contribution in [0.15, 0.2) is 30.5 Å². The number of halogens is 1. The summed E-state index contributed by atoms with van der Waals surface area (Å²) in [6, 6.07) is 6.92. The quantitative estimate of drug-likeness (QED) is 0.869. The van der Waals surface area contributed by atoms with E-state index in [1.807, 2.05) is 19.1 Å². The van der Waals surface area contributed by atoms with Gasteiger partial charge in [0.15, 0.2) is 5.82 Å². The summed E-state index contributed by atoms with van der Waals surface area (Å²) in [5.41, 5.74) is 2.43. The van der Waals surface area contributed by atoms with Crippen LogP contribution in [0.5, 0.6) is 0 Å². The minimum atomic E-state index is -0.183. The fourth-order valence-electron chi connectivity index (χ4n) is 2.42. The van der Waals surface area contributed by atoms with E-state index in [0.29, 0.717) is 31.1 Å². The third kappa shape index (κ3) is 3.43. The number of rotatable bonds is 3. The molecule has 0 spiro atoms. The molecule has 1 fully saturated rings. The Morgan fingerprint density at radius 1 is 1.24 bits per heavy atom. The molecule has 0 saturated carbocycles. The molecule has 0 N–H and O–H groups in total. The fraction of sp³-hybridized carbons (Fsp3) is 0.375. The Morgan fingerprint density at radius 2 is 2.05 bits per heavy atom. The summed E-state index contributed by atoms with van der Waals surface area (Å²) in [6.45, 7) is 5.61. The average Bonchev–Trinajstić information content (AvgIpc) is 2.50. The fourth-order valence-corrected chi connectivity index (χ4v) is 2.42. The van der Waals surface area contributed by atoms with E-state index in [1.54, 1.807) is 12.3 Å². The molecule has 1 saturated heterocycles. The maximum absolute atomic E-state index is 14.0. The first-order chi connectivity index (χ1) is 10.2. The number of ether oxygens (including phenoxy) is 1. The van der Waals surface area contributed by atoms with Crippen molar-refractivity contribution in [1.82, 2.24) is 14.9 Å². The average molecular weight is 287 g/mol. The van der Waals surface area contributed by atoms with Gasteiger partial charge in [-0.1, -0.05) is 0 Å². The second kappa shape index (κ2) is 6.28. The van der Waals surface area contributed by atoms with E-state index >= 15 is 0 Å². The normalized spacial score (nSPS) is 16.1. The molecule has 3 rings (SSSR count). The molecule has 0 atom stereocenters. The second-order valence-corrected chi connectivity index (χ2v) is 5.22. The Hall–Kier alpha value is -1.85. The lowest BCUT2D eigenvalue weighted by atomic mass is 10.1. The zero-order chi connectivity index (χ0) is 14.7. The largest absolute Gasteiger partial charge is 0.379 e. The number of morpholine rings is 1. The Morgan fingerprint density at radius 3 is 2.81 bits per heavy atom. The molecule has 0 bridgehead atoms. The minimum absolute atomic E-state index is 0.183. The number of nitrogens with zero attached hydrogens (tertiary/aromatic N) is 3. The molecule has 1 aliphatic heterocycles. The maximum atomic E-state index is 14.0. The van der Waals surface area contributed by atoms with Crippen LogP contribution in [-0.4, -0.2) is 41.2 Å². The van der Waals surface area contributed by atoms with Gasteiger partial charge in [0, 0.05) is 42.7 Å². The highest BCUT2D eigenvalue weighted by Gasteiger charge is 2.14. The summed E-state index contributed by atoms with van der Waals surface area (Å²) in [7, 11) is 0. The first-order valence-corrected chi connectivity index (χ1v) is 7.11. The smallest absolute Gasteiger partial charge is 0.159 e. The van der Waals surface area contributed by atoms with Crippen LogP contribution in [0.4, 0.5) is 4.39 Å². The van der Waals surface area contributed by atoms with E-state index < -0.39 is 0 Å². The molecular formula is C16H18FN3O. The number of aryl methyl sites for hydroxylation is 1. The number of hydrogen-bond acceptors (Lipinski definition) is 4. The highest BCUT2D eigenvalue weighted by atomic mass is 19.1. The molecule has 1 aromatic carbocycles. The van der Waals surface area contributed by atoms with Crippen LogP contribution in [-0.2, 0) is 11.3 Å². The number of aromatic nitrogens is 2. The Kier molecular flexibility index (Phi) is 4.22. The van der Waals surface area contributed by atoms with Gasteiger partial charge in [-0.15, -0.1) is 0 Å². The molecule has 2 heterocycles. The van der Waals surface area contributed by atoms with Crippen LogP contribution in [0.3, 0.4) is 0 Å². The summed E-state index contributed by atoms with van der Waals surface area (Å²) in [5, 5.41) is 0. The first kappa shape index (κ1) is 14.1. The van der Waals surface area contributed by atoms with Gasteiger partial charge in [0.1, 0.15) is 5.82 Å². The maximum Gasteiger partial charge on any atom is 0.159 e. The van der Waals surface area contributed by atoms with Gasteiger partial charge < -0.3 is 4.74 Å². The van der Waals surface area contributed by atoms with Crippen molar-refractivity contribution in [2.45, 2.75) is 13.5 Å². The van der Waals surface area contributed by atoms with Crippen LogP contribution in [0, 0.1) is 12.7 Å². The molecule has 21 heavy (non-hydrogen) atoms. The standard InChI is InChI=1S/C16H18FN3O/c1-12-4-5-18-16(19-12)13-2-3-15(17)14(10-13)11-20-6-8-21-9-7-20/h2-5,10H,6-9,11H2,1H3. The molecule has 110 valence electrons. The van der Waals surface area contributed by atoms with Crippen LogP contribution in [0.2, 0.25) is 0 Å². The molecule has 0 unspecified atom stereocenters. The molecule has 2 aromatic rings. The van der Waals surface area contributed by atoms with Crippen molar-refractivity contribution in [3.05, 3.63) is 47.5 Å². The SMILES string of the molecule is Cc1ccnc(-c2ccc(F)c(CN3CCOCC3)c2)n1. The monoisotopic (exact) mass is 287 g/mol. The van der Waals surface area contributed by atoms with Gasteiger partial charge in [0.05, 0.1) is 13.2 Å². The molecular weight excluding hydrogens is 269 g/mol. The predicted octanol–water partition coefficient (Wildman–Crippen LogP) is 2.42. The van der Waals surface area contributed by atoms with Crippen molar-refractivity contribution < 1.29 is 9.13 Å². The van der Waals surface area contributed by atoms with E-state index in [4.69, 9.17) is 4.74 Å². The summed E-state index contributed by atoms with van der Waals surface area (Å²) in [4.78, 5) is 10.9. The van der Waals surface area contributed by atoms with E-state index in [0.717, 1.165) is 24.3 Å². The predicted molar refractivity (Wildman–Crippen MR) is 78.3 cm³/mol. The van der Waals surface area contributed by atoms with Crippen LogP contribution in [0.25, 0.3) is 11.4 Å². The summed E-state index contributed by atoms with van der Waals surface area (Å²) < 4.78 is 19.3. The van der Waals surface area contributed by atoms with Crippen LogP contribution in [0.1, 0.15) is 11.3 Å². The Labute approximate surface area is 123 Å². The van der Waals surface area contributed by atoms with Crippen molar-refractivity contribution >= 4 is 0 Å². The van der Waals surface area contributed by atoms with E-state index in [9.17, 15) is 4.39 Å². The Bertz CT molecular complexity index is 627. The van der Waals surface area contributed by atoms with Gasteiger partial charge in [-0.25, -0.2) is 14.4 Å². The van der Waals surface area contributed by atoms with Crippen molar-refractivity contribution in [3.8, 4) is 11.4 Å². The summed E-state index contributed by atoms with van der Waals surface area (Å²) >= 11 is 0. The molecule has 1 aliphatic rings. The van der Waals surface area contributed by atoms with Gasteiger partial charge in [-0.3, -0.25) is 4.90 Å². The number of hydrogen-bond donors (Lipinski definition) is 0. The summed E-state index contributed by atoms with van der Waals surface area (Å²) in [5.74, 6) is 0.455. The van der Waals surface area contributed by atoms with Gasteiger partial charge in [-0.2, -0.15) is 0 Å². The number of benzene rings is 1. The zero-order valence-electron chi connectivity index (χ0n) is 12.1. The molecule has 0 aliphatic carbocycles. The van der Waals surface area contributed by atoms with E-state index in [-0.39, 0.29) is 5.82 Å². The third-order valence-electron chi connectivity index (χ3n) is 3.60. The van der Waals surface area contributed by atoms with Gasteiger partial charge in [-0.05, 0) is 31.2 Å². The minimum Gasteiger partial charge on any atom is -0.379 e. The molecule has 0 radical (unpaired) electrons. The zero-order valence-corrected chi connectivity index (χ0v) is 12.1. The van der Waals surface area contributed by atoms with Gasteiger partial charge >= 0.3 is 0 Å². The van der Waals surface area contributed by atoms with Crippen molar-refractivity contribution in [3.63, 3.8) is 0 Å². The lowest BCUT2D eigenvalue weighted by molar-refractivity contribution is 0.0337. The van der Waals surface area contributed by atoms with Crippen LogP contribution >= 0.6 is 0 Å². The molecule has 4 nitrogen and oxygen atoms in total. The molecule has 5 heteroatoms.